The first kappa shape index (κ1) is 13.2. The van der Waals surface area contributed by atoms with Gasteiger partial charge in [-0.15, -0.1) is 0 Å². The van der Waals surface area contributed by atoms with Crippen LogP contribution < -0.4 is 11.5 Å². The normalized spacial score (nSPS) is 10.6. The van der Waals surface area contributed by atoms with Gasteiger partial charge in [0.2, 0.25) is 5.91 Å². The number of carbonyl (C=O) groups excluding carboxylic acids is 1. The van der Waals surface area contributed by atoms with Crippen molar-refractivity contribution in [2.24, 2.45) is 11.5 Å². The predicted molar refractivity (Wildman–Crippen MR) is 69.0 cm³/mol. The predicted octanol–water partition coefficient (Wildman–Crippen LogP) is 0.671. The number of hydrogen-bond acceptors (Lipinski definition) is 3. The lowest BCUT2D eigenvalue weighted by molar-refractivity contribution is 0.1000. The molecule has 0 fully saturated rings. The van der Waals surface area contributed by atoms with E-state index in [0.717, 1.165) is 11.8 Å². The second-order valence-electron chi connectivity index (χ2n) is 4.25. The van der Waals surface area contributed by atoms with Crippen LogP contribution in [0, 0.1) is 5.82 Å². The molecule has 100 valence electrons. The molecule has 19 heavy (non-hydrogen) atoms. The van der Waals surface area contributed by atoms with Crippen LogP contribution in [0.3, 0.4) is 0 Å². The van der Waals surface area contributed by atoms with Crippen LogP contribution in [-0.4, -0.2) is 22.0 Å². The molecule has 0 spiro atoms. The molecule has 0 radical (unpaired) electrons. The van der Waals surface area contributed by atoms with Gasteiger partial charge in [0.1, 0.15) is 5.82 Å². The fraction of sp³-hybridized carbons (Fsp3) is 0.231. The lowest BCUT2D eigenvalue weighted by atomic mass is 10.1. The Morgan fingerprint density at radius 1 is 1.42 bits per heavy atom. The van der Waals surface area contributed by atoms with Gasteiger partial charge < -0.3 is 16.0 Å². The molecule has 2 rings (SSSR count). The summed E-state index contributed by atoms with van der Waals surface area (Å²) in [7, 11) is 0. The molecule has 0 unspecified atom stereocenters. The lowest BCUT2D eigenvalue weighted by Gasteiger charge is -2.05. The van der Waals surface area contributed by atoms with Gasteiger partial charge in [-0.05, 0) is 18.7 Å². The van der Waals surface area contributed by atoms with Crippen molar-refractivity contribution in [1.29, 1.82) is 0 Å². The SMILES string of the molecule is NCCc1cn(Cc2ccc(C(N)=O)cc2F)cn1. The topological polar surface area (TPSA) is 86.9 Å². The minimum Gasteiger partial charge on any atom is -0.366 e. The molecule has 6 heteroatoms. The fourth-order valence-corrected chi connectivity index (χ4v) is 1.80. The van der Waals surface area contributed by atoms with Crippen molar-refractivity contribution in [3.8, 4) is 0 Å². The third-order valence-electron chi connectivity index (χ3n) is 2.78. The van der Waals surface area contributed by atoms with Crippen LogP contribution in [0.2, 0.25) is 0 Å². The molecule has 1 heterocycles. The highest BCUT2D eigenvalue weighted by atomic mass is 19.1. The number of carbonyl (C=O) groups is 1. The van der Waals surface area contributed by atoms with E-state index in [0.29, 0.717) is 25.1 Å². The Balaban J connectivity index is 2.16. The lowest BCUT2D eigenvalue weighted by Crippen LogP contribution is -2.12. The minimum atomic E-state index is -0.640. The summed E-state index contributed by atoms with van der Waals surface area (Å²) in [6, 6.07) is 4.21. The van der Waals surface area contributed by atoms with Gasteiger partial charge >= 0.3 is 0 Å². The highest BCUT2D eigenvalue weighted by Gasteiger charge is 2.08. The quantitative estimate of drug-likeness (QED) is 0.830. The summed E-state index contributed by atoms with van der Waals surface area (Å²) in [6.07, 6.45) is 4.15. The molecule has 0 saturated heterocycles. The molecule has 1 aromatic carbocycles. The maximum atomic E-state index is 13.8. The molecule has 0 aliphatic carbocycles. The Morgan fingerprint density at radius 2 is 2.21 bits per heavy atom. The van der Waals surface area contributed by atoms with Gasteiger partial charge in [0, 0.05) is 23.7 Å². The molecule has 1 aromatic heterocycles. The summed E-state index contributed by atoms with van der Waals surface area (Å²) >= 11 is 0. The van der Waals surface area contributed by atoms with Crippen LogP contribution in [0.25, 0.3) is 0 Å². The van der Waals surface area contributed by atoms with Crippen molar-refractivity contribution in [2.75, 3.05) is 6.54 Å². The second kappa shape index (κ2) is 5.62. The van der Waals surface area contributed by atoms with E-state index in [1.165, 1.54) is 6.07 Å². The maximum Gasteiger partial charge on any atom is 0.248 e. The van der Waals surface area contributed by atoms with Crippen molar-refractivity contribution < 1.29 is 9.18 Å². The number of halogens is 1. The van der Waals surface area contributed by atoms with E-state index in [1.807, 2.05) is 6.20 Å². The number of benzene rings is 1. The average molecular weight is 262 g/mol. The summed E-state index contributed by atoms with van der Waals surface area (Å²) in [5, 5.41) is 0. The molecular formula is C13H15FN4O. The summed E-state index contributed by atoms with van der Waals surface area (Å²) in [5.41, 5.74) is 12.0. The smallest absolute Gasteiger partial charge is 0.248 e. The monoisotopic (exact) mass is 262 g/mol. The van der Waals surface area contributed by atoms with E-state index in [9.17, 15) is 9.18 Å². The van der Waals surface area contributed by atoms with E-state index in [-0.39, 0.29) is 5.56 Å². The average Bonchev–Trinajstić information content (AvgIpc) is 2.79. The number of primary amides is 1. The molecule has 0 bridgehead atoms. The molecule has 1 amide bonds. The van der Waals surface area contributed by atoms with Crippen molar-refractivity contribution in [1.82, 2.24) is 9.55 Å². The van der Waals surface area contributed by atoms with Crippen LogP contribution >= 0.6 is 0 Å². The van der Waals surface area contributed by atoms with E-state index in [1.54, 1.807) is 17.0 Å². The summed E-state index contributed by atoms with van der Waals surface area (Å²) < 4.78 is 15.6. The van der Waals surface area contributed by atoms with Gasteiger partial charge in [-0.2, -0.15) is 0 Å². The van der Waals surface area contributed by atoms with Gasteiger partial charge in [-0.25, -0.2) is 9.37 Å². The van der Waals surface area contributed by atoms with E-state index >= 15 is 0 Å². The van der Waals surface area contributed by atoms with E-state index in [4.69, 9.17) is 11.5 Å². The highest BCUT2D eigenvalue weighted by molar-refractivity contribution is 5.92. The minimum absolute atomic E-state index is 0.163. The standard InChI is InChI=1S/C13H15FN4O/c14-12-5-9(13(16)19)1-2-10(12)6-18-7-11(3-4-15)17-8-18/h1-2,5,7-8H,3-4,6,15H2,(H2,16,19). The van der Waals surface area contributed by atoms with Gasteiger partial charge in [0.25, 0.3) is 0 Å². The first-order valence-corrected chi connectivity index (χ1v) is 5.89. The van der Waals surface area contributed by atoms with Gasteiger partial charge in [-0.1, -0.05) is 6.07 Å². The third kappa shape index (κ3) is 3.17. The van der Waals surface area contributed by atoms with Crippen LogP contribution in [-0.2, 0) is 13.0 Å². The number of nitrogens with two attached hydrogens (primary N) is 2. The summed E-state index contributed by atoms with van der Waals surface area (Å²) in [4.78, 5) is 15.1. The molecule has 0 aliphatic rings. The van der Waals surface area contributed by atoms with Crippen molar-refractivity contribution in [3.63, 3.8) is 0 Å². The van der Waals surface area contributed by atoms with Crippen LogP contribution in [0.15, 0.2) is 30.7 Å². The number of amides is 1. The van der Waals surface area contributed by atoms with E-state index < -0.39 is 11.7 Å². The number of aromatic nitrogens is 2. The molecule has 0 aliphatic heterocycles. The largest absolute Gasteiger partial charge is 0.366 e. The third-order valence-corrected chi connectivity index (χ3v) is 2.78. The molecule has 5 nitrogen and oxygen atoms in total. The number of hydrogen-bond donors (Lipinski definition) is 2. The van der Waals surface area contributed by atoms with Crippen molar-refractivity contribution in [2.45, 2.75) is 13.0 Å². The van der Waals surface area contributed by atoms with Crippen LogP contribution in [0.1, 0.15) is 21.6 Å². The maximum absolute atomic E-state index is 13.8. The zero-order chi connectivity index (χ0) is 13.8. The number of rotatable bonds is 5. The fourth-order valence-electron chi connectivity index (χ4n) is 1.80. The number of nitrogens with zero attached hydrogens (tertiary/aromatic N) is 2. The highest BCUT2D eigenvalue weighted by Crippen LogP contribution is 2.12. The first-order valence-electron chi connectivity index (χ1n) is 5.89. The van der Waals surface area contributed by atoms with Gasteiger partial charge in [0.15, 0.2) is 0 Å². The molecule has 4 N–H and O–H groups in total. The molecule has 2 aromatic rings. The van der Waals surface area contributed by atoms with Gasteiger partial charge in [0.05, 0.1) is 18.6 Å². The molecule has 0 atom stereocenters. The summed E-state index contributed by atoms with van der Waals surface area (Å²) in [6.45, 7) is 0.876. The van der Waals surface area contributed by atoms with Crippen molar-refractivity contribution in [3.05, 3.63) is 53.4 Å². The zero-order valence-corrected chi connectivity index (χ0v) is 10.3. The molecular weight excluding hydrogens is 247 g/mol. The Bertz CT molecular complexity index is 594. The Labute approximate surface area is 110 Å². The Kier molecular flexibility index (Phi) is 3.91. The second-order valence-corrected chi connectivity index (χ2v) is 4.25. The number of imidazole rings is 1. The van der Waals surface area contributed by atoms with Crippen LogP contribution in [0.4, 0.5) is 4.39 Å². The summed E-state index contributed by atoms with van der Waals surface area (Å²) in [5.74, 6) is -1.09. The van der Waals surface area contributed by atoms with Crippen LogP contribution in [0.5, 0.6) is 0 Å². The Hall–Kier alpha value is -2.21. The first-order chi connectivity index (χ1) is 9.10. The van der Waals surface area contributed by atoms with Crippen molar-refractivity contribution >= 4 is 5.91 Å². The van der Waals surface area contributed by atoms with Gasteiger partial charge in [-0.3, -0.25) is 4.79 Å². The molecule has 0 saturated carbocycles. The zero-order valence-electron chi connectivity index (χ0n) is 10.3. The van der Waals surface area contributed by atoms with E-state index in [2.05, 4.69) is 4.98 Å². The Morgan fingerprint density at radius 3 is 2.84 bits per heavy atom.